The largest absolute Gasteiger partial charge is 0.328 e. The van der Waals surface area contributed by atoms with Gasteiger partial charge in [-0.05, 0) is 31.2 Å². The van der Waals surface area contributed by atoms with Crippen LogP contribution in [0.1, 0.15) is 45.1 Å². The third-order valence-electron chi connectivity index (χ3n) is 4.24. The summed E-state index contributed by atoms with van der Waals surface area (Å²) in [6, 6.07) is 12.5. The van der Waals surface area contributed by atoms with Crippen LogP contribution in [-0.2, 0) is 6.54 Å². The monoisotopic (exact) mass is 246 g/mol. The summed E-state index contributed by atoms with van der Waals surface area (Å²) in [5, 5.41) is 0. The summed E-state index contributed by atoms with van der Waals surface area (Å²) >= 11 is 0. The van der Waals surface area contributed by atoms with Gasteiger partial charge in [0.1, 0.15) is 0 Å². The Labute approximate surface area is 111 Å². The molecule has 2 atom stereocenters. The summed E-state index contributed by atoms with van der Waals surface area (Å²) < 4.78 is 0. The maximum absolute atomic E-state index is 6.20. The minimum Gasteiger partial charge on any atom is -0.328 e. The second-order valence-corrected chi connectivity index (χ2v) is 5.51. The highest BCUT2D eigenvalue weighted by molar-refractivity contribution is 5.15. The molecule has 2 N–H and O–H groups in total. The lowest BCUT2D eigenvalue weighted by atomic mass is 9.88. The molecule has 0 bridgehead atoms. The molecule has 2 unspecified atom stereocenters. The SMILES string of the molecule is CCC1CC(N)CC(CC)N1Cc1ccccc1. The van der Waals surface area contributed by atoms with Crippen molar-refractivity contribution in [3.63, 3.8) is 0 Å². The predicted molar refractivity (Wildman–Crippen MR) is 77.4 cm³/mol. The lowest BCUT2D eigenvalue weighted by molar-refractivity contribution is 0.0596. The summed E-state index contributed by atoms with van der Waals surface area (Å²) in [4.78, 5) is 2.68. The first-order valence-corrected chi connectivity index (χ1v) is 7.29. The molecule has 0 radical (unpaired) electrons. The van der Waals surface area contributed by atoms with Gasteiger partial charge in [-0.25, -0.2) is 0 Å². The molecule has 1 aliphatic heterocycles. The molecular weight excluding hydrogens is 220 g/mol. The average Bonchev–Trinajstić information content (AvgIpc) is 2.41. The van der Waals surface area contributed by atoms with E-state index in [-0.39, 0.29) is 0 Å². The molecular formula is C16H26N2. The summed E-state index contributed by atoms with van der Waals surface area (Å²) in [7, 11) is 0. The third kappa shape index (κ3) is 3.12. The van der Waals surface area contributed by atoms with E-state index in [9.17, 15) is 0 Å². The van der Waals surface area contributed by atoms with Gasteiger partial charge in [0.2, 0.25) is 0 Å². The van der Waals surface area contributed by atoms with Gasteiger partial charge in [0.25, 0.3) is 0 Å². The number of hydrogen-bond donors (Lipinski definition) is 1. The molecule has 2 nitrogen and oxygen atoms in total. The molecule has 1 aromatic carbocycles. The number of piperidine rings is 1. The zero-order chi connectivity index (χ0) is 13.0. The number of likely N-dealkylation sites (tertiary alicyclic amines) is 1. The molecule has 100 valence electrons. The fourth-order valence-corrected chi connectivity index (χ4v) is 3.22. The Morgan fingerprint density at radius 1 is 1.06 bits per heavy atom. The van der Waals surface area contributed by atoms with Crippen molar-refractivity contribution in [1.82, 2.24) is 4.90 Å². The molecule has 18 heavy (non-hydrogen) atoms. The van der Waals surface area contributed by atoms with Crippen LogP contribution < -0.4 is 5.73 Å². The quantitative estimate of drug-likeness (QED) is 0.884. The van der Waals surface area contributed by atoms with E-state index in [0.29, 0.717) is 18.1 Å². The van der Waals surface area contributed by atoms with E-state index in [1.165, 1.54) is 18.4 Å². The van der Waals surface area contributed by atoms with E-state index in [1.807, 2.05) is 0 Å². The van der Waals surface area contributed by atoms with Gasteiger partial charge in [0.15, 0.2) is 0 Å². The van der Waals surface area contributed by atoms with Gasteiger partial charge < -0.3 is 5.73 Å². The summed E-state index contributed by atoms with van der Waals surface area (Å²) in [5.41, 5.74) is 7.62. The Hall–Kier alpha value is -0.860. The molecule has 0 saturated carbocycles. The molecule has 1 aliphatic rings. The summed E-state index contributed by atoms with van der Waals surface area (Å²) in [5.74, 6) is 0. The van der Waals surface area contributed by atoms with E-state index < -0.39 is 0 Å². The summed E-state index contributed by atoms with van der Waals surface area (Å²) in [6.07, 6.45) is 4.72. The van der Waals surface area contributed by atoms with Crippen molar-refractivity contribution in [2.24, 2.45) is 5.73 Å². The van der Waals surface area contributed by atoms with E-state index in [2.05, 4.69) is 49.1 Å². The Bertz CT molecular complexity index is 335. The lowest BCUT2D eigenvalue weighted by Crippen LogP contribution is -2.51. The Kier molecular flexibility index (Phi) is 4.79. The van der Waals surface area contributed by atoms with Gasteiger partial charge in [-0.2, -0.15) is 0 Å². The molecule has 1 fully saturated rings. The van der Waals surface area contributed by atoms with Crippen LogP contribution in [0.5, 0.6) is 0 Å². The van der Waals surface area contributed by atoms with Crippen molar-refractivity contribution < 1.29 is 0 Å². The topological polar surface area (TPSA) is 29.3 Å². The van der Waals surface area contributed by atoms with E-state index in [0.717, 1.165) is 19.4 Å². The number of nitrogens with two attached hydrogens (primary N) is 1. The molecule has 1 aromatic rings. The van der Waals surface area contributed by atoms with Crippen LogP contribution in [-0.4, -0.2) is 23.0 Å². The van der Waals surface area contributed by atoms with E-state index in [4.69, 9.17) is 5.73 Å². The minimum absolute atomic E-state index is 0.395. The van der Waals surface area contributed by atoms with E-state index >= 15 is 0 Å². The molecule has 0 aliphatic carbocycles. The maximum atomic E-state index is 6.20. The Morgan fingerprint density at radius 2 is 1.61 bits per heavy atom. The molecule has 0 aromatic heterocycles. The molecule has 2 rings (SSSR count). The maximum Gasteiger partial charge on any atom is 0.0239 e. The fourth-order valence-electron chi connectivity index (χ4n) is 3.22. The molecule has 0 amide bonds. The van der Waals surface area contributed by atoms with Crippen LogP contribution in [0.3, 0.4) is 0 Å². The first kappa shape index (κ1) is 13.6. The van der Waals surface area contributed by atoms with Gasteiger partial charge >= 0.3 is 0 Å². The normalized spacial score (nSPS) is 29.4. The number of hydrogen-bond acceptors (Lipinski definition) is 2. The standard InChI is InChI=1S/C16H26N2/c1-3-15-10-14(17)11-16(4-2)18(15)12-13-8-6-5-7-9-13/h5-9,14-16H,3-4,10-12,17H2,1-2H3. The smallest absolute Gasteiger partial charge is 0.0239 e. The van der Waals surface area contributed by atoms with Crippen molar-refractivity contribution >= 4 is 0 Å². The highest BCUT2D eigenvalue weighted by Gasteiger charge is 2.31. The summed E-state index contributed by atoms with van der Waals surface area (Å²) in [6.45, 7) is 5.64. The van der Waals surface area contributed by atoms with Crippen molar-refractivity contribution in [1.29, 1.82) is 0 Å². The predicted octanol–water partition coefficient (Wildman–Crippen LogP) is 3.17. The van der Waals surface area contributed by atoms with Crippen molar-refractivity contribution in [3.05, 3.63) is 35.9 Å². The Balaban J connectivity index is 2.11. The van der Waals surface area contributed by atoms with Crippen LogP contribution in [0.15, 0.2) is 30.3 Å². The zero-order valence-corrected chi connectivity index (χ0v) is 11.7. The first-order valence-electron chi connectivity index (χ1n) is 7.29. The van der Waals surface area contributed by atoms with Crippen molar-refractivity contribution in [3.8, 4) is 0 Å². The van der Waals surface area contributed by atoms with Gasteiger partial charge in [-0.3, -0.25) is 4.90 Å². The number of nitrogens with zero attached hydrogens (tertiary/aromatic N) is 1. The van der Waals surface area contributed by atoms with Gasteiger partial charge in [0, 0.05) is 24.7 Å². The minimum atomic E-state index is 0.395. The average molecular weight is 246 g/mol. The van der Waals surface area contributed by atoms with Crippen LogP contribution >= 0.6 is 0 Å². The highest BCUT2D eigenvalue weighted by Crippen LogP contribution is 2.28. The van der Waals surface area contributed by atoms with Crippen LogP contribution in [0.2, 0.25) is 0 Å². The molecule has 1 saturated heterocycles. The van der Waals surface area contributed by atoms with Crippen molar-refractivity contribution in [2.45, 2.75) is 64.2 Å². The van der Waals surface area contributed by atoms with E-state index in [1.54, 1.807) is 0 Å². The zero-order valence-electron chi connectivity index (χ0n) is 11.7. The highest BCUT2D eigenvalue weighted by atomic mass is 15.2. The van der Waals surface area contributed by atoms with Gasteiger partial charge in [-0.15, -0.1) is 0 Å². The van der Waals surface area contributed by atoms with Crippen molar-refractivity contribution in [2.75, 3.05) is 0 Å². The second kappa shape index (κ2) is 6.35. The fraction of sp³-hybridized carbons (Fsp3) is 0.625. The van der Waals surface area contributed by atoms with Crippen LogP contribution in [0.4, 0.5) is 0 Å². The van der Waals surface area contributed by atoms with Crippen LogP contribution in [0, 0.1) is 0 Å². The molecule has 1 heterocycles. The van der Waals surface area contributed by atoms with Crippen LogP contribution in [0.25, 0.3) is 0 Å². The molecule has 0 spiro atoms. The molecule has 2 heteroatoms. The lowest BCUT2D eigenvalue weighted by Gasteiger charge is -2.44. The number of benzene rings is 1. The second-order valence-electron chi connectivity index (χ2n) is 5.51. The van der Waals surface area contributed by atoms with Gasteiger partial charge in [0.05, 0.1) is 0 Å². The Morgan fingerprint density at radius 3 is 2.11 bits per heavy atom. The number of rotatable bonds is 4. The third-order valence-corrected chi connectivity index (χ3v) is 4.24. The first-order chi connectivity index (χ1) is 8.74. The van der Waals surface area contributed by atoms with Gasteiger partial charge in [-0.1, -0.05) is 44.2 Å².